The van der Waals surface area contributed by atoms with Gasteiger partial charge in [-0.15, -0.1) is 0 Å². The first-order chi connectivity index (χ1) is 12.6. The molecule has 26 heavy (non-hydrogen) atoms. The predicted octanol–water partition coefficient (Wildman–Crippen LogP) is 2.34. The van der Waals surface area contributed by atoms with Gasteiger partial charge in [-0.1, -0.05) is 25.1 Å². The Morgan fingerprint density at radius 2 is 2.00 bits per heavy atom. The van der Waals surface area contributed by atoms with E-state index in [0.29, 0.717) is 13.1 Å². The Bertz CT molecular complexity index is 642. The Balaban J connectivity index is 1.65. The summed E-state index contributed by atoms with van der Waals surface area (Å²) in [5.41, 5.74) is 2.36. The summed E-state index contributed by atoms with van der Waals surface area (Å²) in [6, 6.07) is 7.66. The molecule has 1 aromatic carbocycles. The number of carbonyl (C=O) groups is 2. The van der Waals surface area contributed by atoms with Crippen molar-refractivity contribution in [3.8, 4) is 0 Å². The van der Waals surface area contributed by atoms with E-state index < -0.39 is 6.04 Å². The third-order valence-corrected chi connectivity index (χ3v) is 5.47. The van der Waals surface area contributed by atoms with Crippen LogP contribution in [0.4, 0.5) is 10.5 Å². The Labute approximate surface area is 155 Å². The summed E-state index contributed by atoms with van der Waals surface area (Å²) >= 11 is 0. The standard InChI is InChI=1S/C20H30N4O2/c1-15-10-11-21-19(25)18(15)22-20(26)23(2)14-16-8-4-5-9-17(16)24-12-6-3-7-13-24/h4-5,8-9,15,18H,3,6-7,10-14H2,1-2H3,(H,21,25)(H,22,26). The predicted molar refractivity (Wildman–Crippen MR) is 103 cm³/mol. The number of piperidine rings is 2. The van der Waals surface area contributed by atoms with Crippen LogP contribution in [0.25, 0.3) is 0 Å². The molecule has 2 heterocycles. The summed E-state index contributed by atoms with van der Waals surface area (Å²) in [5.74, 6) is 0.0703. The fourth-order valence-electron chi connectivity index (χ4n) is 3.82. The van der Waals surface area contributed by atoms with Gasteiger partial charge in [0.2, 0.25) is 5.91 Å². The molecule has 0 saturated carbocycles. The number of hydrogen-bond donors (Lipinski definition) is 2. The normalized spacial score (nSPS) is 23.3. The van der Waals surface area contributed by atoms with Crippen molar-refractivity contribution < 1.29 is 9.59 Å². The fraction of sp³-hybridized carbons (Fsp3) is 0.600. The molecule has 2 atom stereocenters. The summed E-state index contributed by atoms with van der Waals surface area (Å²) < 4.78 is 0. The lowest BCUT2D eigenvalue weighted by molar-refractivity contribution is -0.125. The molecule has 3 amide bonds. The molecule has 2 saturated heterocycles. The van der Waals surface area contributed by atoms with Gasteiger partial charge in [-0.25, -0.2) is 4.79 Å². The van der Waals surface area contributed by atoms with Gasteiger partial charge in [-0.05, 0) is 43.2 Å². The van der Waals surface area contributed by atoms with Gasteiger partial charge in [-0.3, -0.25) is 4.79 Å². The highest BCUT2D eigenvalue weighted by Crippen LogP contribution is 2.25. The molecule has 0 aliphatic carbocycles. The molecule has 0 spiro atoms. The van der Waals surface area contributed by atoms with Crippen molar-refractivity contribution in [2.45, 2.75) is 45.2 Å². The van der Waals surface area contributed by atoms with E-state index in [2.05, 4.69) is 33.7 Å². The first-order valence-corrected chi connectivity index (χ1v) is 9.68. The van der Waals surface area contributed by atoms with Gasteiger partial charge in [0, 0.05) is 38.9 Å². The van der Waals surface area contributed by atoms with Crippen LogP contribution >= 0.6 is 0 Å². The number of amides is 3. The van der Waals surface area contributed by atoms with Crippen LogP contribution in [0.15, 0.2) is 24.3 Å². The van der Waals surface area contributed by atoms with E-state index in [0.717, 1.165) is 25.1 Å². The summed E-state index contributed by atoms with van der Waals surface area (Å²) in [7, 11) is 1.79. The molecule has 6 nitrogen and oxygen atoms in total. The quantitative estimate of drug-likeness (QED) is 0.868. The number of nitrogens with one attached hydrogen (secondary N) is 2. The van der Waals surface area contributed by atoms with Crippen molar-refractivity contribution in [1.29, 1.82) is 0 Å². The van der Waals surface area contributed by atoms with E-state index in [4.69, 9.17) is 0 Å². The minimum atomic E-state index is -0.448. The molecular formula is C20H30N4O2. The van der Waals surface area contributed by atoms with E-state index in [-0.39, 0.29) is 17.9 Å². The van der Waals surface area contributed by atoms with Gasteiger partial charge in [-0.2, -0.15) is 0 Å². The highest BCUT2D eigenvalue weighted by molar-refractivity contribution is 5.87. The van der Waals surface area contributed by atoms with E-state index in [1.54, 1.807) is 11.9 Å². The zero-order valence-electron chi connectivity index (χ0n) is 15.8. The number of anilines is 1. The van der Waals surface area contributed by atoms with Crippen LogP contribution in [0.5, 0.6) is 0 Å². The van der Waals surface area contributed by atoms with Crippen LogP contribution in [0, 0.1) is 5.92 Å². The minimum Gasteiger partial charge on any atom is -0.371 e. The molecular weight excluding hydrogens is 328 g/mol. The minimum absolute atomic E-state index is 0.0841. The SMILES string of the molecule is CC1CCNC(=O)C1NC(=O)N(C)Cc1ccccc1N1CCCCC1. The number of hydrogen-bond acceptors (Lipinski definition) is 3. The zero-order chi connectivity index (χ0) is 18.5. The Morgan fingerprint density at radius 1 is 1.27 bits per heavy atom. The van der Waals surface area contributed by atoms with Crippen molar-refractivity contribution in [1.82, 2.24) is 15.5 Å². The van der Waals surface area contributed by atoms with Crippen LogP contribution in [0.2, 0.25) is 0 Å². The zero-order valence-corrected chi connectivity index (χ0v) is 15.8. The third kappa shape index (κ3) is 4.29. The lowest BCUT2D eigenvalue weighted by Gasteiger charge is -2.32. The van der Waals surface area contributed by atoms with E-state index in [1.807, 2.05) is 13.0 Å². The molecule has 0 aromatic heterocycles. The number of para-hydroxylation sites is 1. The molecule has 2 aliphatic rings. The fourth-order valence-corrected chi connectivity index (χ4v) is 3.82. The van der Waals surface area contributed by atoms with Crippen molar-refractivity contribution in [3.05, 3.63) is 29.8 Å². The topological polar surface area (TPSA) is 64.7 Å². The van der Waals surface area contributed by atoms with Gasteiger partial charge < -0.3 is 20.4 Å². The van der Waals surface area contributed by atoms with Gasteiger partial charge in [0.05, 0.1) is 0 Å². The maximum Gasteiger partial charge on any atom is 0.318 e. The molecule has 3 rings (SSSR count). The second-order valence-electron chi connectivity index (χ2n) is 7.52. The van der Waals surface area contributed by atoms with Crippen LogP contribution < -0.4 is 15.5 Å². The van der Waals surface area contributed by atoms with Crippen LogP contribution in [0.1, 0.15) is 38.2 Å². The maximum absolute atomic E-state index is 12.6. The monoisotopic (exact) mass is 358 g/mol. The average Bonchev–Trinajstić information content (AvgIpc) is 2.66. The third-order valence-electron chi connectivity index (χ3n) is 5.47. The number of carbonyl (C=O) groups excluding carboxylic acids is 2. The average molecular weight is 358 g/mol. The van der Waals surface area contributed by atoms with Crippen molar-refractivity contribution >= 4 is 17.6 Å². The van der Waals surface area contributed by atoms with Gasteiger partial charge in [0.1, 0.15) is 6.04 Å². The first kappa shape index (κ1) is 18.5. The first-order valence-electron chi connectivity index (χ1n) is 9.68. The highest BCUT2D eigenvalue weighted by atomic mass is 16.2. The smallest absolute Gasteiger partial charge is 0.318 e. The Hall–Kier alpha value is -2.24. The number of urea groups is 1. The summed E-state index contributed by atoms with van der Waals surface area (Å²) in [6.07, 6.45) is 4.62. The summed E-state index contributed by atoms with van der Waals surface area (Å²) in [5, 5.41) is 5.73. The lowest BCUT2D eigenvalue weighted by Crippen LogP contribution is -2.56. The van der Waals surface area contributed by atoms with Crippen LogP contribution in [-0.4, -0.2) is 49.6 Å². The number of nitrogens with zero attached hydrogens (tertiary/aromatic N) is 2. The molecule has 6 heteroatoms. The summed E-state index contributed by atoms with van der Waals surface area (Å²) in [4.78, 5) is 28.7. The largest absolute Gasteiger partial charge is 0.371 e. The van der Waals surface area contributed by atoms with Crippen LogP contribution in [0.3, 0.4) is 0 Å². The van der Waals surface area contributed by atoms with Gasteiger partial charge in [0.25, 0.3) is 0 Å². The molecule has 1 aromatic rings. The van der Waals surface area contributed by atoms with E-state index in [9.17, 15) is 9.59 Å². The number of benzene rings is 1. The van der Waals surface area contributed by atoms with E-state index in [1.165, 1.54) is 24.9 Å². The Kier molecular flexibility index (Phi) is 6.01. The molecule has 0 radical (unpaired) electrons. The molecule has 2 fully saturated rings. The molecule has 2 unspecified atom stereocenters. The molecule has 2 aliphatic heterocycles. The van der Waals surface area contributed by atoms with Crippen molar-refractivity contribution in [2.75, 3.05) is 31.6 Å². The van der Waals surface area contributed by atoms with Crippen LogP contribution in [-0.2, 0) is 11.3 Å². The van der Waals surface area contributed by atoms with Crippen molar-refractivity contribution in [3.63, 3.8) is 0 Å². The second-order valence-corrected chi connectivity index (χ2v) is 7.52. The van der Waals surface area contributed by atoms with Gasteiger partial charge in [0.15, 0.2) is 0 Å². The molecule has 0 bridgehead atoms. The van der Waals surface area contributed by atoms with Gasteiger partial charge >= 0.3 is 6.03 Å². The maximum atomic E-state index is 12.6. The lowest BCUT2D eigenvalue weighted by atomic mass is 9.94. The summed E-state index contributed by atoms with van der Waals surface area (Å²) in [6.45, 7) is 5.38. The van der Waals surface area contributed by atoms with E-state index >= 15 is 0 Å². The Morgan fingerprint density at radius 3 is 2.73 bits per heavy atom. The van der Waals surface area contributed by atoms with Crippen molar-refractivity contribution in [2.24, 2.45) is 5.92 Å². The molecule has 142 valence electrons. The molecule has 2 N–H and O–H groups in total. The number of rotatable bonds is 4. The second kappa shape index (κ2) is 8.43. The highest BCUT2D eigenvalue weighted by Gasteiger charge is 2.31.